The van der Waals surface area contributed by atoms with E-state index in [-0.39, 0.29) is 17.6 Å². The first-order chi connectivity index (χ1) is 5.68. The topological polar surface area (TPSA) is 46.5 Å². The second kappa shape index (κ2) is 2.24. The molecule has 1 aromatic rings. The van der Waals surface area contributed by atoms with E-state index in [1.807, 2.05) is 0 Å². The van der Waals surface area contributed by atoms with Crippen LogP contribution in [-0.2, 0) is 4.79 Å². The van der Waals surface area contributed by atoms with Crippen molar-refractivity contribution in [2.24, 2.45) is 0 Å². The molecule has 0 saturated carbocycles. The number of benzene rings is 1. The number of carbonyl (C=O) groups excluding carboxylic acids is 1. The Bertz CT molecular complexity index is 344. The Labute approximate surface area is 69.6 Å². The highest BCUT2D eigenvalue weighted by Crippen LogP contribution is 2.36. The number of phenols is 1. The van der Waals surface area contributed by atoms with Crippen molar-refractivity contribution in [2.75, 3.05) is 0 Å². The van der Waals surface area contributed by atoms with Crippen molar-refractivity contribution >= 4 is 5.97 Å². The molecule has 1 aliphatic rings. The van der Waals surface area contributed by atoms with Gasteiger partial charge in [-0.05, 0) is 25.1 Å². The zero-order chi connectivity index (χ0) is 8.72. The second-order valence-corrected chi connectivity index (χ2v) is 2.86. The minimum atomic E-state index is -0.257. The number of hydrogen-bond acceptors (Lipinski definition) is 3. The second-order valence-electron chi connectivity index (χ2n) is 2.86. The van der Waals surface area contributed by atoms with Crippen LogP contribution in [0.4, 0.5) is 0 Å². The molecule has 0 amide bonds. The zero-order valence-electron chi connectivity index (χ0n) is 6.57. The Morgan fingerprint density at radius 2 is 2.25 bits per heavy atom. The van der Waals surface area contributed by atoms with E-state index >= 15 is 0 Å². The first-order valence-electron chi connectivity index (χ1n) is 3.73. The van der Waals surface area contributed by atoms with Gasteiger partial charge in [-0.15, -0.1) is 0 Å². The number of phenolic OH excluding ortho intramolecular Hbond substituents is 1. The molecule has 0 aromatic heterocycles. The lowest BCUT2D eigenvalue weighted by Crippen LogP contribution is -2.05. The number of rotatable bonds is 0. The summed E-state index contributed by atoms with van der Waals surface area (Å²) in [7, 11) is 0. The van der Waals surface area contributed by atoms with Gasteiger partial charge in [-0.1, -0.05) is 0 Å². The van der Waals surface area contributed by atoms with Crippen molar-refractivity contribution in [3.05, 3.63) is 23.8 Å². The van der Waals surface area contributed by atoms with Crippen LogP contribution < -0.4 is 4.74 Å². The maximum atomic E-state index is 11.0. The summed E-state index contributed by atoms with van der Waals surface area (Å²) in [5.74, 6) is 0.215. The molecule has 1 atom stereocenters. The molecule has 3 nitrogen and oxygen atoms in total. The van der Waals surface area contributed by atoms with Crippen molar-refractivity contribution in [1.82, 2.24) is 0 Å². The average molecular weight is 164 g/mol. The fourth-order valence-corrected chi connectivity index (χ4v) is 1.29. The minimum Gasteiger partial charge on any atom is -0.508 e. The first kappa shape index (κ1) is 7.16. The predicted octanol–water partition coefficient (Wildman–Crippen LogP) is 1.41. The summed E-state index contributed by atoms with van der Waals surface area (Å²) in [6, 6.07) is 4.67. The third-order valence-corrected chi connectivity index (χ3v) is 2.02. The molecule has 0 spiro atoms. The van der Waals surface area contributed by atoms with Crippen LogP contribution >= 0.6 is 0 Å². The van der Waals surface area contributed by atoms with Gasteiger partial charge in [0.1, 0.15) is 11.5 Å². The highest BCUT2D eigenvalue weighted by molar-refractivity contribution is 5.85. The smallest absolute Gasteiger partial charge is 0.318 e. The molecule has 0 aliphatic carbocycles. The SMILES string of the molecule is C[C@@H]1C(=O)Oc2ccc(O)cc21. The van der Waals surface area contributed by atoms with Crippen molar-refractivity contribution in [2.45, 2.75) is 12.8 Å². The van der Waals surface area contributed by atoms with Crippen LogP contribution in [-0.4, -0.2) is 11.1 Å². The van der Waals surface area contributed by atoms with Gasteiger partial charge in [0.25, 0.3) is 0 Å². The molecule has 62 valence electrons. The molecule has 1 aromatic carbocycles. The molecular formula is C9H8O3. The fourth-order valence-electron chi connectivity index (χ4n) is 1.29. The standard InChI is InChI=1S/C9H8O3/c1-5-7-4-6(10)2-3-8(7)12-9(5)11/h2-5,10H,1H3/t5-/m0/s1. The summed E-state index contributed by atoms with van der Waals surface area (Å²) >= 11 is 0. The average Bonchev–Trinajstić information content (AvgIpc) is 2.31. The Morgan fingerprint density at radius 3 is 3.00 bits per heavy atom. The highest BCUT2D eigenvalue weighted by Gasteiger charge is 2.29. The maximum Gasteiger partial charge on any atom is 0.318 e. The molecule has 0 fully saturated rings. The van der Waals surface area contributed by atoms with E-state index in [9.17, 15) is 4.79 Å². The summed E-state index contributed by atoms with van der Waals surface area (Å²) in [5.41, 5.74) is 0.764. The molecule has 1 aliphatic heterocycles. The number of aromatic hydroxyl groups is 1. The Hall–Kier alpha value is -1.51. The lowest BCUT2D eigenvalue weighted by atomic mass is 10.0. The van der Waals surface area contributed by atoms with Gasteiger partial charge in [-0.25, -0.2) is 0 Å². The molecule has 0 saturated heterocycles. The molecule has 0 radical (unpaired) electrons. The van der Waals surface area contributed by atoms with E-state index in [1.54, 1.807) is 19.1 Å². The number of ether oxygens (including phenoxy) is 1. The van der Waals surface area contributed by atoms with Gasteiger partial charge in [-0.2, -0.15) is 0 Å². The Balaban J connectivity index is 2.55. The quantitative estimate of drug-likeness (QED) is 0.466. The number of esters is 1. The molecule has 1 N–H and O–H groups in total. The van der Waals surface area contributed by atoms with Crippen molar-refractivity contribution in [3.8, 4) is 11.5 Å². The molecular weight excluding hydrogens is 156 g/mol. The summed E-state index contributed by atoms with van der Waals surface area (Å²) < 4.78 is 4.92. The van der Waals surface area contributed by atoms with Crippen molar-refractivity contribution in [3.63, 3.8) is 0 Å². The Kier molecular flexibility index (Phi) is 1.33. The van der Waals surface area contributed by atoms with E-state index in [2.05, 4.69) is 0 Å². The number of hydrogen-bond donors (Lipinski definition) is 1. The van der Waals surface area contributed by atoms with Gasteiger partial charge < -0.3 is 9.84 Å². The highest BCUT2D eigenvalue weighted by atomic mass is 16.5. The summed E-state index contributed by atoms with van der Waals surface area (Å²) in [6.07, 6.45) is 0. The van der Waals surface area contributed by atoms with Gasteiger partial charge in [0.15, 0.2) is 0 Å². The van der Waals surface area contributed by atoms with Gasteiger partial charge in [0.05, 0.1) is 5.92 Å². The molecule has 3 heteroatoms. The lowest BCUT2D eigenvalue weighted by molar-refractivity contribution is -0.133. The van der Waals surface area contributed by atoms with E-state index in [0.29, 0.717) is 5.75 Å². The fraction of sp³-hybridized carbons (Fsp3) is 0.222. The van der Waals surface area contributed by atoms with Crippen LogP contribution in [0, 0.1) is 0 Å². The van der Waals surface area contributed by atoms with Crippen LogP contribution in [0.2, 0.25) is 0 Å². The van der Waals surface area contributed by atoms with E-state index in [4.69, 9.17) is 9.84 Å². The normalized spacial score (nSPS) is 20.4. The molecule has 0 bridgehead atoms. The van der Waals surface area contributed by atoms with Crippen LogP contribution in [0.3, 0.4) is 0 Å². The van der Waals surface area contributed by atoms with Gasteiger partial charge in [-0.3, -0.25) is 4.79 Å². The zero-order valence-corrected chi connectivity index (χ0v) is 6.57. The van der Waals surface area contributed by atoms with E-state index < -0.39 is 0 Å². The molecule has 2 rings (SSSR count). The van der Waals surface area contributed by atoms with Crippen molar-refractivity contribution in [1.29, 1.82) is 0 Å². The summed E-state index contributed by atoms with van der Waals surface area (Å²) in [5, 5.41) is 9.13. The maximum absolute atomic E-state index is 11.0. The largest absolute Gasteiger partial charge is 0.508 e. The molecule has 0 unspecified atom stereocenters. The monoisotopic (exact) mass is 164 g/mol. The van der Waals surface area contributed by atoms with Crippen LogP contribution in [0.25, 0.3) is 0 Å². The van der Waals surface area contributed by atoms with Crippen molar-refractivity contribution < 1.29 is 14.6 Å². The minimum absolute atomic E-state index is 0.166. The summed E-state index contributed by atoms with van der Waals surface area (Å²) in [4.78, 5) is 11.0. The Morgan fingerprint density at radius 1 is 1.50 bits per heavy atom. The third-order valence-electron chi connectivity index (χ3n) is 2.02. The molecule has 1 heterocycles. The lowest BCUT2D eigenvalue weighted by Gasteiger charge is -1.98. The predicted molar refractivity (Wildman–Crippen MR) is 42.2 cm³/mol. The summed E-state index contributed by atoms with van der Waals surface area (Å²) in [6.45, 7) is 1.76. The van der Waals surface area contributed by atoms with Crippen LogP contribution in [0.5, 0.6) is 11.5 Å². The van der Waals surface area contributed by atoms with E-state index in [0.717, 1.165) is 5.56 Å². The number of carbonyl (C=O) groups is 1. The van der Waals surface area contributed by atoms with Gasteiger partial charge in [0.2, 0.25) is 0 Å². The number of fused-ring (bicyclic) bond motifs is 1. The molecule has 12 heavy (non-hydrogen) atoms. The third kappa shape index (κ3) is 0.863. The van der Waals surface area contributed by atoms with Crippen LogP contribution in [0.15, 0.2) is 18.2 Å². The van der Waals surface area contributed by atoms with Gasteiger partial charge in [0, 0.05) is 5.56 Å². The van der Waals surface area contributed by atoms with Gasteiger partial charge >= 0.3 is 5.97 Å². The van der Waals surface area contributed by atoms with E-state index in [1.165, 1.54) is 6.07 Å². The first-order valence-corrected chi connectivity index (χ1v) is 3.73. The van der Waals surface area contributed by atoms with Crippen LogP contribution in [0.1, 0.15) is 18.4 Å².